The van der Waals surface area contributed by atoms with Crippen LogP contribution in [-0.2, 0) is 7.05 Å². The van der Waals surface area contributed by atoms with Gasteiger partial charge in [0.05, 0.1) is 5.52 Å². The number of rotatable bonds is 4. The lowest BCUT2D eigenvalue weighted by Gasteiger charge is -2.11. The quantitative estimate of drug-likeness (QED) is 0.897. The van der Waals surface area contributed by atoms with Crippen LogP contribution in [0.1, 0.15) is 10.4 Å². The SMILES string of the molecule is CN(C)CCNC(=O)c1ccc2c(ccc(=O)n2C)c1. The molecule has 0 bridgehead atoms. The van der Waals surface area contributed by atoms with Crippen LogP contribution in [0.25, 0.3) is 10.9 Å². The van der Waals surface area contributed by atoms with Crippen molar-refractivity contribution in [2.45, 2.75) is 0 Å². The standard InChI is InChI=1S/C15H19N3O2/c1-17(2)9-8-16-15(20)12-4-6-13-11(10-12)5-7-14(19)18(13)3/h4-7,10H,8-9H2,1-3H3,(H,16,20). The molecule has 2 aromatic rings. The number of aryl methyl sites for hydroxylation is 1. The molecule has 5 nitrogen and oxygen atoms in total. The Bertz CT molecular complexity index is 689. The third-order valence-electron chi connectivity index (χ3n) is 3.23. The highest BCUT2D eigenvalue weighted by molar-refractivity contribution is 5.97. The average molecular weight is 273 g/mol. The Balaban J connectivity index is 2.22. The molecule has 0 unspecified atom stereocenters. The Kier molecular flexibility index (Phi) is 4.20. The highest BCUT2D eigenvalue weighted by atomic mass is 16.1. The maximum atomic E-state index is 12.0. The molecule has 106 valence electrons. The first-order valence-electron chi connectivity index (χ1n) is 6.52. The van der Waals surface area contributed by atoms with E-state index in [0.717, 1.165) is 17.4 Å². The van der Waals surface area contributed by atoms with E-state index in [4.69, 9.17) is 0 Å². The van der Waals surface area contributed by atoms with Crippen LogP contribution in [0.5, 0.6) is 0 Å². The molecule has 0 saturated heterocycles. The minimum Gasteiger partial charge on any atom is -0.351 e. The molecule has 1 amide bonds. The van der Waals surface area contributed by atoms with Crippen molar-refractivity contribution in [3.63, 3.8) is 0 Å². The molecule has 0 aliphatic carbocycles. The zero-order valence-corrected chi connectivity index (χ0v) is 12.0. The largest absolute Gasteiger partial charge is 0.351 e. The number of carbonyl (C=O) groups is 1. The van der Waals surface area contributed by atoms with Crippen molar-refractivity contribution in [1.82, 2.24) is 14.8 Å². The fraction of sp³-hybridized carbons (Fsp3) is 0.333. The van der Waals surface area contributed by atoms with Crippen molar-refractivity contribution >= 4 is 16.8 Å². The Morgan fingerprint density at radius 3 is 2.70 bits per heavy atom. The molecule has 2 rings (SSSR count). The van der Waals surface area contributed by atoms with E-state index in [-0.39, 0.29) is 11.5 Å². The number of amides is 1. The molecule has 0 atom stereocenters. The van der Waals surface area contributed by atoms with Gasteiger partial charge >= 0.3 is 0 Å². The van der Waals surface area contributed by atoms with Crippen LogP contribution in [0.2, 0.25) is 0 Å². The summed E-state index contributed by atoms with van der Waals surface area (Å²) in [5, 5.41) is 3.75. The number of nitrogens with zero attached hydrogens (tertiary/aromatic N) is 2. The lowest BCUT2D eigenvalue weighted by molar-refractivity contribution is 0.0951. The lowest BCUT2D eigenvalue weighted by atomic mass is 10.1. The number of pyridine rings is 1. The van der Waals surface area contributed by atoms with Gasteiger partial charge in [-0.05, 0) is 43.7 Å². The fourth-order valence-corrected chi connectivity index (χ4v) is 2.02. The molecule has 0 aliphatic rings. The predicted molar refractivity (Wildman–Crippen MR) is 80.1 cm³/mol. The fourth-order valence-electron chi connectivity index (χ4n) is 2.02. The van der Waals surface area contributed by atoms with Gasteiger partial charge in [-0.1, -0.05) is 0 Å². The number of benzene rings is 1. The van der Waals surface area contributed by atoms with Crippen molar-refractivity contribution in [3.8, 4) is 0 Å². The minimum absolute atomic E-state index is 0.0549. The first kappa shape index (κ1) is 14.3. The van der Waals surface area contributed by atoms with Crippen molar-refractivity contribution in [3.05, 3.63) is 46.2 Å². The Morgan fingerprint density at radius 2 is 2.00 bits per heavy atom. The number of fused-ring (bicyclic) bond motifs is 1. The summed E-state index contributed by atoms with van der Waals surface area (Å²) in [5.74, 6) is -0.0948. The third kappa shape index (κ3) is 3.05. The molecule has 1 N–H and O–H groups in total. The molecule has 5 heteroatoms. The van der Waals surface area contributed by atoms with Crippen molar-refractivity contribution < 1.29 is 4.79 Å². The van der Waals surface area contributed by atoms with E-state index in [2.05, 4.69) is 5.32 Å². The van der Waals surface area contributed by atoms with Gasteiger partial charge in [0, 0.05) is 31.8 Å². The molecule has 20 heavy (non-hydrogen) atoms. The molecule has 0 aliphatic heterocycles. The summed E-state index contributed by atoms with van der Waals surface area (Å²) in [6.45, 7) is 1.41. The maximum Gasteiger partial charge on any atom is 0.251 e. The normalized spacial score (nSPS) is 11.0. The zero-order chi connectivity index (χ0) is 14.7. The smallest absolute Gasteiger partial charge is 0.251 e. The van der Waals surface area contributed by atoms with Crippen LogP contribution < -0.4 is 10.9 Å². The monoisotopic (exact) mass is 273 g/mol. The van der Waals surface area contributed by atoms with E-state index in [1.807, 2.05) is 19.0 Å². The second-order valence-electron chi connectivity index (χ2n) is 5.06. The number of likely N-dealkylation sites (N-methyl/N-ethyl adjacent to an activating group) is 1. The summed E-state index contributed by atoms with van der Waals surface area (Å²) >= 11 is 0. The van der Waals surface area contributed by atoms with E-state index < -0.39 is 0 Å². The van der Waals surface area contributed by atoms with Crippen molar-refractivity contribution in [2.24, 2.45) is 7.05 Å². The van der Waals surface area contributed by atoms with Gasteiger partial charge in [-0.2, -0.15) is 0 Å². The number of hydrogen-bond donors (Lipinski definition) is 1. The van der Waals surface area contributed by atoms with Gasteiger partial charge < -0.3 is 14.8 Å². The molecule has 0 saturated carbocycles. The predicted octanol–water partition coefficient (Wildman–Crippen LogP) is 0.830. The number of aromatic nitrogens is 1. The van der Waals surface area contributed by atoms with E-state index in [0.29, 0.717) is 12.1 Å². The Morgan fingerprint density at radius 1 is 1.25 bits per heavy atom. The highest BCUT2D eigenvalue weighted by Gasteiger charge is 2.07. The van der Waals surface area contributed by atoms with Gasteiger partial charge in [-0.25, -0.2) is 0 Å². The molecule has 0 fully saturated rings. The number of carbonyl (C=O) groups excluding carboxylic acids is 1. The van der Waals surface area contributed by atoms with Crippen LogP contribution in [0.15, 0.2) is 35.1 Å². The van der Waals surface area contributed by atoms with E-state index >= 15 is 0 Å². The summed E-state index contributed by atoms with van der Waals surface area (Å²) < 4.78 is 1.57. The van der Waals surface area contributed by atoms with E-state index in [1.54, 1.807) is 35.9 Å². The van der Waals surface area contributed by atoms with Crippen LogP contribution in [0, 0.1) is 0 Å². The molecular formula is C15H19N3O2. The second-order valence-corrected chi connectivity index (χ2v) is 5.06. The second kappa shape index (κ2) is 5.88. The summed E-state index contributed by atoms with van der Waals surface area (Å²) in [5.41, 5.74) is 1.37. The summed E-state index contributed by atoms with van der Waals surface area (Å²) in [6, 6.07) is 8.61. The van der Waals surface area contributed by atoms with Gasteiger partial charge in [0.25, 0.3) is 11.5 Å². The summed E-state index contributed by atoms with van der Waals surface area (Å²) in [4.78, 5) is 25.6. The van der Waals surface area contributed by atoms with Crippen LogP contribution in [-0.4, -0.2) is 42.6 Å². The first-order valence-corrected chi connectivity index (χ1v) is 6.52. The first-order chi connectivity index (χ1) is 9.49. The van der Waals surface area contributed by atoms with E-state index in [1.165, 1.54) is 6.07 Å². The molecular weight excluding hydrogens is 254 g/mol. The zero-order valence-electron chi connectivity index (χ0n) is 12.0. The molecule has 0 radical (unpaired) electrons. The summed E-state index contributed by atoms with van der Waals surface area (Å²) in [6.07, 6.45) is 0. The number of hydrogen-bond acceptors (Lipinski definition) is 3. The molecule has 1 aromatic heterocycles. The van der Waals surface area contributed by atoms with E-state index in [9.17, 15) is 9.59 Å². The average Bonchev–Trinajstić information content (AvgIpc) is 2.42. The van der Waals surface area contributed by atoms with Gasteiger partial charge in [0.2, 0.25) is 0 Å². The van der Waals surface area contributed by atoms with Gasteiger partial charge in [0.1, 0.15) is 0 Å². The van der Waals surface area contributed by atoms with Gasteiger partial charge in [-0.3, -0.25) is 9.59 Å². The highest BCUT2D eigenvalue weighted by Crippen LogP contribution is 2.13. The topological polar surface area (TPSA) is 54.3 Å². The Hall–Kier alpha value is -2.14. The minimum atomic E-state index is -0.0948. The van der Waals surface area contributed by atoms with Crippen LogP contribution in [0.3, 0.4) is 0 Å². The van der Waals surface area contributed by atoms with Crippen LogP contribution >= 0.6 is 0 Å². The Labute approximate surface area is 117 Å². The number of nitrogens with one attached hydrogen (secondary N) is 1. The molecule has 1 heterocycles. The third-order valence-corrected chi connectivity index (χ3v) is 3.23. The van der Waals surface area contributed by atoms with Gasteiger partial charge in [-0.15, -0.1) is 0 Å². The van der Waals surface area contributed by atoms with Crippen molar-refractivity contribution in [1.29, 1.82) is 0 Å². The van der Waals surface area contributed by atoms with Crippen molar-refractivity contribution in [2.75, 3.05) is 27.2 Å². The summed E-state index contributed by atoms with van der Waals surface area (Å²) in [7, 11) is 5.65. The molecule has 1 aromatic carbocycles. The van der Waals surface area contributed by atoms with Gasteiger partial charge in [0.15, 0.2) is 0 Å². The lowest BCUT2D eigenvalue weighted by Crippen LogP contribution is -2.31. The molecule has 0 spiro atoms. The van der Waals surface area contributed by atoms with Crippen LogP contribution in [0.4, 0.5) is 0 Å². The maximum absolute atomic E-state index is 12.0.